The molecule has 0 aliphatic rings. The lowest BCUT2D eigenvalue weighted by Gasteiger charge is -2.20. The zero-order chi connectivity index (χ0) is 61.6. The first-order valence-corrected chi connectivity index (χ1v) is 31.3. The first-order valence-electron chi connectivity index (χ1n) is 31.3. The van der Waals surface area contributed by atoms with Crippen LogP contribution in [0, 0.1) is 23.7 Å². The van der Waals surface area contributed by atoms with Gasteiger partial charge in [-0.05, 0) is 120 Å². The van der Waals surface area contributed by atoms with E-state index >= 15 is 0 Å². The van der Waals surface area contributed by atoms with Crippen molar-refractivity contribution in [2.75, 3.05) is 26.4 Å². The summed E-state index contributed by atoms with van der Waals surface area (Å²) in [6, 6.07) is 13.6. The van der Waals surface area contributed by atoms with Crippen molar-refractivity contribution in [3.8, 4) is 68.7 Å². The number of phenolic OH excluding ortho intramolecular Hbond substituents is 2. The molecule has 0 spiro atoms. The molecule has 4 aromatic rings. The molecule has 1 heterocycles. The van der Waals surface area contributed by atoms with Crippen LogP contribution in [0.1, 0.15) is 199 Å². The topological polar surface area (TPSA) is 221 Å². The smallest absolute Gasteiger partial charge is 0.347 e. The van der Waals surface area contributed by atoms with Crippen LogP contribution in [-0.2, 0) is 38.1 Å². The number of esters is 4. The second-order valence-electron chi connectivity index (χ2n) is 22.2. The maximum atomic E-state index is 13.7. The van der Waals surface area contributed by atoms with Crippen molar-refractivity contribution in [3.63, 3.8) is 0 Å². The molecule has 0 aliphatic heterocycles. The summed E-state index contributed by atoms with van der Waals surface area (Å²) in [5.41, 5.74) is 0.495. The van der Waals surface area contributed by atoms with Crippen molar-refractivity contribution in [1.82, 2.24) is 15.0 Å². The predicted octanol–water partition coefficient (Wildman–Crippen LogP) is 15.2. The molecule has 3 aromatic carbocycles. The third-order valence-electron chi connectivity index (χ3n) is 15.4. The van der Waals surface area contributed by atoms with E-state index in [4.69, 9.17) is 52.8 Å². The van der Waals surface area contributed by atoms with Crippen LogP contribution in [0.25, 0.3) is 34.2 Å². The average Bonchev–Trinajstić information content (AvgIpc) is 1.96. The van der Waals surface area contributed by atoms with Gasteiger partial charge in [0.1, 0.15) is 34.5 Å². The molecule has 0 saturated carbocycles. The molecule has 466 valence electrons. The largest absolute Gasteiger partial charge is 0.507 e. The number of carbonyl (C=O) groups is 4. The molecule has 17 nitrogen and oxygen atoms in total. The number of aromatic nitrogens is 3. The van der Waals surface area contributed by atoms with Gasteiger partial charge in [-0.25, -0.2) is 34.1 Å². The van der Waals surface area contributed by atoms with E-state index in [0.717, 1.165) is 109 Å². The van der Waals surface area contributed by atoms with Gasteiger partial charge in [0.15, 0.2) is 41.9 Å². The molecule has 0 saturated heterocycles. The van der Waals surface area contributed by atoms with Gasteiger partial charge in [-0.1, -0.05) is 139 Å². The van der Waals surface area contributed by atoms with Crippen molar-refractivity contribution in [3.05, 3.63) is 54.6 Å². The van der Waals surface area contributed by atoms with Gasteiger partial charge < -0.3 is 48.1 Å². The summed E-state index contributed by atoms with van der Waals surface area (Å²) < 4.78 is 47.3. The molecule has 0 aliphatic carbocycles. The molecule has 0 bridgehead atoms. The summed E-state index contributed by atoms with van der Waals surface area (Å²) in [7, 11) is 0. The van der Waals surface area contributed by atoms with Crippen molar-refractivity contribution >= 4 is 23.9 Å². The molecule has 0 fully saturated rings. The highest BCUT2D eigenvalue weighted by molar-refractivity contribution is 5.79. The van der Waals surface area contributed by atoms with E-state index in [0.29, 0.717) is 12.3 Å². The summed E-state index contributed by atoms with van der Waals surface area (Å²) in [6.45, 7) is 24.3. The first kappa shape index (κ1) is 69.8. The predicted molar refractivity (Wildman–Crippen MR) is 326 cm³/mol. The van der Waals surface area contributed by atoms with Crippen LogP contribution >= 0.6 is 0 Å². The fourth-order valence-electron chi connectivity index (χ4n) is 9.49. The lowest BCUT2D eigenvalue weighted by atomic mass is 9.94. The minimum atomic E-state index is -1.14. The van der Waals surface area contributed by atoms with Crippen LogP contribution < -0.4 is 18.9 Å². The maximum absolute atomic E-state index is 13.7. The number of phenols is 2. The van der Waals surface area contributed by atoms with Gasteiger partial charge in [-0.3, -0.25) is 0 Å². The number of aromatic hydroxyl groups is 2. The van der Waals surface area contributed by atoms with Gasteiger partial charge in [0.25, 0.3) is 0 Å². The molecule has 8 atom stereocenters. The lowest BCUT2D eigenvalue weighted by molar-refractivity contribution is -0.153. The quantitative estimate of drug-likeness (QED) is 0.0240. The standard InChI is InChI=1S/C67H99N3O14/c1-13-21-26-48(17-5)30-25-37-77-64(73)47(12)84-60-40-54(83-46(11)67(76)80-43-51(20-8)29-24-16-4)33-36-57(60)63-69-61(55-34-31-52(38-58(55)71)81-44(9)65(74)78-41-49(18-6)27-22-14-2)68-62(70-63)56-35-32-53(39-59(56)72)82-45(10)66(75)79-42-50(19-7)28-23-15-3/h31-36,38-40,44-51,71-72H,13-30,37,41-43H2,1-12H3. The number of carbonyl (C=O) groups excluding carboxylic acids is 4. The van der Waals surface area contributed by atoms with E-state index in [9.17, 15) is 29.4 Å². The van der Waals surface area contributed by atoms with Crippen molar-refractivity contribution in [1.29, 1.82) is 0 Å². The number of benzene rings is 3. The second-order valence-corrected chi connectivity index (χ2v) is 22.2. The third kappa shape index (κ3) is 23.1. The molecule has 8 unspecified atom stereocenters. The van der Waals surface area contributed by atoms with Crippen LogP contribution in [0.4, 0.5) is 0 Å². The molecule has 1 aromatic heterocycles. The summed E-state index contributed by atoms with van der Waals surface area (Å²) in [5, 5.41) is 23.4. The van der Waals surface area contributed by atoms with Gasteiger partial charge >= 0.3 is 23.9 Å². The Hall–Kier alpha value is -6.65. The summed E-state index contributed by atoms with van der Waals surface area (Å²) in [6.07, 6.45) is 13.7. The van der Waals surface area contributed by atoms with E-state index in [2.05, 4.69) is 55.4 Å². The minimum absolute atomic E-state index is 0.0132. The molecule has 17 heteroatoms. The first-order chi connectivity index (χ1) is 40.4. The number of ether oxygens (including phenoxy) is 8. The van der Waals surface area contributed by atoms with E-state index in [1.54, 1.807) is 52.0 Å². The van der Waals surface area contributed by atoms with Gasteiger partial charge in [-0.2, -0.15) is 0 Å². The van der Waals surface area contributed by atoms with Gasteiger partial charge in [0.05, 0.1) is 43.1 Å². The fraction of sp³-hybridized carbons (Fsp3) is 0.627. The van der Waals surface area contributed by atoms with Crippen LogP contribution in [0.2, 0.25) is 0 Å². The van der Waals surface area contributed by atoms with Crippen LogP contribution in [0.3, 0.4) is 0 Å². The number of rotatable bonds is 41. The van der Waals surface area contributed by atoms with Crippen LogP contribution in [-0.4, -0.2) is 99.9 Å². The molecule has 84 heavy (non-hydrogen) atoms. The van der Waals surface area contributed by atoms with E-state index < -0.39 is 48.3 Å². The Labute approximate surface area is 500 Å². The summed E-state index contributed by atoms with van der Waals surface area (Å²) in [5.74, 6) is -1.05. The van der Waals surface area contributed by atoms with Crippen molar-refractivity contribution < 1.29 is 67.3 Å². The SMILES string of the molecule is CCCCC(CC)CCCOC(=O)C(C)Oc1cc(OC(C)C(=O)OCC(CC)CCCC)ccc1-c1nc(-c2ccc(OC(C)C(=O)OCC(CC)CCCC)cc2O)nc(-c2ccc(OC(C)C(=O)OCC(CC)CCCC)cc2O)n1. The van der Waals surface area contributed by atoms with Crippen molar-refractivity contribution in [2.24, 2.45) is 23.7 Å². The Morgan fingerprint density at radius 2 is 0.702 bits per heavy atom. The molecular formula is C67H99N3O14. The van der Waals surface area contributed by atoms with Gasteiger partial charge in [0.2, 0.25) is 0 Å². The zero-order valence-corrected chi connectivity index (χ0v) is 52.5. The highest BCUT2D eigenvalue weighted by atomic mass is 16.6. The van der Waals surface area contributed by atoms with Gasteiger partial charge in [0, 0.05) is 18.2 Å². The minimum Gasteiger partial charge on any atom is -0.507 e. The summed E-state index contributed by atoms with van der Waals surface area (Å²) in [4.78, 5) is 67.6. The van der Waals surface area contributed by atoms with E-state index in [1.165, 1.54) is 30.3 Å². The third-order valence-corrected chi connectivity index (χ3v) is 15.4. The van der Waals surface area contributed by atoms with Crippen LogP contribution in [0.5, 0.6) is 34.5 Å². The monoisotopic (exact) mass is 1170 g/mol. The molecule has 0 radical (unpaired) electrons. The normalized spacial score (nSPS) is 14.2. The maximum Gasteiger partial charge on any atom is 0.347 e. The van der Waals surface area contributed by atoms with E-state index in [-0.39, 0.29) is 113 Å². The molecule has 0 amide bonds. The zero-order valence-electron chi connectivity index (χ0n) is 52.5. The van der Waals surface area contributed by atoms with Crippen molar-refractivity contribution in [2.45, 2.75) is 223 Å². The molecular weight excluding hydrogens is 1070 g/mol. The Bertz CT molecular complexity index is 2520. The number of hydrogen-bond acceptors (Lipinski definition) is 17. The van der Waals surface area contributed by atoms with Crippen LogP contribution in [0.15, 0.2) is 54.6 Å². The number of hydrogen-bond donors (Lipinski definition) is 2. The highest BCUT2D eigenvalue weighted by Gasteiger charge is 2.27. The Kier molecular flexibility index (Phi) is 31.3. The Morgan fingerprint density at radius 1 is 0.393 bits per heavy atom. The average molecular weight is 1170 g/mol. The Morgan fingerprint density at radius 3 is 1.06 bits per heavy atom. The highest BCUT2D eigenvalue weighted by Crippen LogP contribution is 2.39. The van der Waals surface area contributed by atoms with Gasteiger partial charge in [-0.15, -0.1) is 0 Å². The summed E-state index contributed by atoms with van der Waals surface area (Å²) >= 11 is 0. The fourth-order valence-corrected chi connectivity index (χ4v) is 9.49. The van der Waals surface area contributed by atoms with E-state index in [1.807, 2.05) is 0 Å². The second kappa shape index (κ2) is 37.6. The molecule has 4 rings (SSSR count). The number of unbranched alkanes of at least 4 members (excludes halogenated alkanes) is 4. The Balaban J connectivity index is 1.79. The molecule has 2 N–H and O–H groups in total. The lowest BCUT2D eigenvalue weighted by Crippen LogP contribution is -2.28. The number of nitrogens with zero attached hydrogens (tertiary/aromatic N) is 3.